The molecule has 0 spiro atoms. The normalized spacial score (nSPS) is 21.1. The van der Waals surface area contributed by atoms with Crippen molar-refractivity contribution in [3.8, 4) is 0 Å². The fourth-order valence-electron chi connectivity index (χ4n) is 2.22. The Morgan fingerprint density at radius 1 is 1.40 bits per heavy atom. The fourth-order valence-corrected chi connectivity index (χ4v) is 2.22. The molecule has 0 N–H and O–H groups in total. The van der Waals surface area contributed by atoms with Gasteiger partial charge >= 0.3 is 11.9 Å². The van der Waals surface area contributed by atoms with Gasteiger partial charge < -0.3 is 14.4 Å². The molecular weight excluding hydrogens is 272 g/mol. The lowest BCUT2D eigenvalue weighted by Crippen LogP contribution is -2.37. The van der Waals surface area contributed by atoms with E-state index in [1.54, 1.807) is 0 Å². The van der Waals surface area contributed by atoms with Gasteiger partial charge in [-0.15, -0.1) is 0 Å². The standard InChI is InChI=1S/C13H19F2NO4/c1-20-11(18)6-4-2-3-5-7-16-10(9-17)8-13(14,15)12(16)19/h9-10H,2-8H2,1H3. The van der Waals surface area contributed by atoms with Crippen molar-refractivity contribution in [1.29, 1.82) is 0 Å². The first-order chi connectivity index (χ1) is 9.42. The third-order valence-electron chi connectivity index (χ3n) is 3.35. The number of carbonyl (C=O) groups is 3. The number of amides is 1. The minimum atomic E-state index is -3.42. The quantitative estimate of drug-likeness (QED) is 0.386. The van der Waals surface area contributed by atoms with Gasteiger partial charge in [0.2, 0.25) is 0 Å². The summed E-state index contributed by atoms with van der Waals surface area (Å²) in [6.45, 7) is 0.149. The highest BCUT2D eigenvalue weighted by Gasteiger charge is 2.52. The van der Waals surface area contributed by atoms with Crippen LogP contribution in [0.3, 0.4) is 0 Å². The van der Waals surface area contributed by atoms with Crippen LogP contribution in [0.2, 0.25) is 0 Å². The molecule has 1 heterocycles. The average Bonchev–Trinajstić information content (AvgIpc) is 2.64. The molecule has 0 saturated carbocycles. The van der Waals surface area contributed by atoms with E-state index in [0.29, 0.717) is 32.0 Å². The van der Waals surface area contributed by atoms with Crippen molar-refractivity contribution >= 4 is 18.2 Å². The fraction of sp³-hybridized carbons (Fsp3) is 0.769. The molecule has 114 valence electrons. The summed E-state index contributed by atoms with van der Waals surface area (Å²) >= 11 is 0. The van der Waals surface area contributed by atoms with E-state index in [0.717, 1.165) is 11.3 Å². The first-order valence-electron chi connectivity index (χ1n) is 6.63. The van der Waals surface area contributed by atoms with Crippen LogP contribution in [0.1, 0.15) is 38.5 Å². The molecule has 1 aliphatic heterocycles. The lowest BCUT2D eigenvalue weighted by atomic mass is 10.1. The van der Waals surface area contributed by atoms with E-state index in [4.69, 9.17) is 0 Å². The number of rotatable bonds is 8. The van der Waals surface area contributed by atoms with Crippen LogP contribution in [-0.2, 0) is 19.1 Å². The molecular formula is C13H19F2NO4. The van der Waals surface area contributed by atoms with Crippen LogP contribution in [-0.4, -0.2) is 48.7 Å². The van der Waals surface area contributed by atoms with Gasteiger partial charge in [-0.2, -0.15) is 8.78 Å². The van der Waals surface area contributed by atoms with Crippen LogP contribution in [0.25, 0.3) is 0 Å². The molecule has 1 amide bonds. The smallest absolute Gasteiger partial charge is 0.327 e. The molecule has 0 bridgehead atoms. The first kappa shape index (κ1) is 16.5. The number of likely N-dealkylation sites (tertiary alicyclic amines) is 1. The molecule has 1 rings (SSSR count). The number of esters is 1. The number of hydrogen-bond donors (Lipinski definition) is 0. The number of ether oxygens (including phenoxy) is 1. The van der Waals surface area contributed by atoms with Crippen molar-refractivity contribution in [3.05, 3.63) is 0 Å². The summed E-state index contributed by atoms with van der Waals surface area (Å²) in [5.74, 6) is -4.96. The number of hydrogen-bond acceptors (Lipinski definition) is 4. The van der Waals surface area contributed by atoms with Crippen molar-refractivity contribution in [1.82, 2.24) is 4.90 Å². The van der Waals surface area contributed by atoms with Gasteiger partial charge in [0.1, 0.15) is 6.29 Å². The largest absolute Gasteiger partial charge is 0.469 e. The third kappa shape index (κ3) is 4.25. The van der Waals surface area contributed by atoms with Crippen LogP contribution in [0.4, 0.5) is 8.78 Å². The predicted molar refractivity (Wildman–Crippen MR) is 66.2 cm³/mol. The summed E-state index contributed by atoms with van der Waals surface area (Å²) in [6.07, 6.45) is 2.65. The lowest BCUT2D eigenvalue weighted by Gasteiger charge is -2.19. The molecule has 5 nitrogen and oxygen atoms in total. The van der Waals surface area contributed by atoms with E-state index in [-0.39, 0.29) is 12.5 Å². The number of unbranched alkanes of at least 4 members (excludes halogenated alkanes) is 3. The van der Waals surface area contributed by atoms with Crippen molar-refractivity contribution in [2.75, 3.05) is 13.7 Å². The maximum atomic E-state index is 13.2. The van der Waals surface area contributed by atoms with Crippen LogP contribution in [0.15, 0.2) is 0 Å². The number of aldehydes is 1. The Morgan fingerprint density at radius 2 is 2.05 bits per heavy atom. The molecule has 1 saturated heterocycles. The van der Waals surface area contributed by atoms with Gasteiger partial charge in [-0.3, -0.25) is 9.59 Å². The highest BCUT2D eigenvalue weighted by Crippen LogP contribution is 2.32. The van der Waals surface area contributed by atoms with Gasteiger partial charge in [-0.05, 0) is 12.8 Å². The van der Waals surface area contributed by atoms with Gasteiger partial charge in [-0.25, -0.2) is 0 Å². The molecule has 0 aliphatic carbocycles. The number of nitrogens with zero attached hydrogens (tertiary/aromatic N) is 1. The van der Waals surface area contributed by atoms with E-state index < -0.39 is 24.3 Å². The molecule has 1 fully saturated rings. The Bertz CT molecular complexity index is 373. The molecule has 0 aromatic heterocycles. The SMILES string of the molecule is COC(=O)CCCCCCN1C(=O)C(F)(F)CC1C=O. The van der Waals surface area contributed by atoms with Gasteiger partial charge in [-0.1, -0.05) is 12.8 Å². The second kappa shape index (κ2) is 7.31. The van der Waals surface area contributed by atoms with Crippen LogP contribution in [0, 0.1) is 0 Å². The second-order valence-corrected chi connectivity index (χ2v) is 4.85. The molecule has 0 aromatic rings. The number of alkyl halides is 2. The zero-order valence-electron chi connectivity index (χ0n) is 11.4. The predicted octanol–water partition coefficient (Wildman–Crippen LogP) is 1.54. The van der Waals surface area contributed by atoms with E-state index in [1.165, 1.54) is 7.11 Å². The van der Waals surface area contributed by atoms with Gasteiger partial charge in [0.15, 0.2) is 0 Å². The van der Waals surface area contributed by atoms with Crippen molar-refractivity contribution < 1.29 is 27.9 Å². The molecule has 1 atom stereocenters. The molecule has 7 heteroatoms. The van der Waals surface area contributed by atoms with Crippen LogP contribution in [0.5, 0.6) is 0 Å². The summed E-state index contributed by atoms with van der Waals surface area (Å²) in [5.41, 5.74) is 0. The summed E-state index contributed by atoms with van der Waals surface area (Å²) in [4.78, 5) is 33.9. The van der Waals surface area contributed by atoms with E-state index in [1.807, 2.05) is 0 Å². The van der Waals surface area contributed by atoms with Crippen LogP contribution < -0.4 is 0 Å². The van der Waals surface area contributed by atoms with Gasteiger partial charge in [0.05, 0.1) is 13.2 Å². The highest BCUT2D eigenvalue weighted by atomic mass is 19.3. The van der Waals surface area contributed by atoms with E-state index >= 15 is 0 Å². The van der Waals surface area contributed by atoms with Gasteiger partial charge in [0, 0.05) is 19.4 Å². The number of methoxy groups -OCH3 is 1. The second-order valence-electron chi connectivity index (χ2n) is 4.85. The zero-order chi connectivity index (χ0) is 15.2. The number of halogens is 2. The topological polar surface area (TPSA) is 63.7 Å². The summed E-state index contributed by atoms with van der Waals surface area (Å²) in [6, 6.07) is -1.02. The molecule has 0 aromatic carbocycles. The molecule has 20 heavy (non-hydrogen) atoms. The molecule has 1 aliphatic rings. The first-order valence-corrected chi connectivity index (χ1v) is 6.63. The Balaban J connectivity index is 2.26. The number of carbonyl (C=O) groups excluding carboxylic acids is 3. The van der Waals surface area contributed by atoms with Crippen LogP contribution >= 0.6 is 0 Å². The minimum Gasteiger partial charge on any atom is -0.469 e. The van der Waals surface area contributed by atoms with Crippen molar-refractivity contribution in [2.45, 2.75) is 50.5 Å². The molecule has 0 radical (unpaired) electrons. The summed E-state index contributed by atoms with van der Waals surface area (Å²) < 4.78 is 30.9. The minimum absolute atomic E-state index is 0.149. The lowest BCUT2D eigenvalue weighted by molar-refractivity contribution is -0.148. The Morgan fingerprint density at radius 3 is 2.65 bits per heavy atom. The maximum absolute atomic E-state index is 13.2. The van der Waals surface area contributed by atoms with Crippen molar-refractivity contribution in [2.24, 2.45) is 0 Å². The Kier molecular flexibility index (Phi) is 6.04. The average molecular weight is 291 g/mol. The summed E-state index contributed by atoms with van der Waals surface area (Å²) in [5, 5.41) is 0. The zero-order valence-corrected chi connectivity index (χ0v) is 11.4. The third-order valence-corrected chi connectivity index (χ3v) is 3.35. The Labute approximate surface area is 116 Å². The summed E-state index contributed by atoms with van der Waals surface area (Å²) in [7, 11) is 1.32. The van der Waals surface area contributed by atoms with E-state index in [2.05, 4.69) is 4.74 Å². The van der Waals surface area contributed by atoms with Crippen molar-refractivity contribution in [3.63, 3.8) is 0 Å². The maximum Gasteiger partial charge on any atom is 0.327 e. The highest BCUT2D eigenvalue weighted by molar-refractivity contribution is 5.89. The Hall–Kier alpha value is -1.53. The van der Waals surface area contributed by atoms with E-state index in [9.17, 15) is 23.2 Å². The monoisotopic (exact) mass is 291 g/mol. The van der Waals surface area contributed by atoms with Gasteiger partial charge in [0.25, 0.3) is 5.91 Å². The molecule has 1 unspecified atom stereocenters.